The van der Waals surface area contributed by atoms with Crippen LogP contribution in [0.2, 0.25) is 0 Å². The minimum absolute atomic E-state index is 0.0163. The number of hydrogen-bond acceptors (Lipinski definition) is 4. The molecule has 2 saturated heterocycles. The molecule has 2 N–H and O–H groups in total. The van der Waals surface area contributed by atoms with Gasteiger partial charge in [-0.25, -0.2) is 0 Å². The monoisotopic (exact) mass is 430 g/mol. The highest BCUT2D eigenvalue weighted by atomic mass is 16.5. The van der Waals surface area contributed by atoms with Crippen LogP contribution in [-0.2, 0) is 21.3 Å². The topological polar surface area (TPSA) is 58.1 Å². The summed E-state index contributed by atoms with van der Waals surface area (Å²) in [5.41, 5.74) is 2.69. The largest absolute Gasteiger partial charge is 0.381 e. The second kappa shape index (κ2) is 11.8. The van der Waals surface area contributed by atoms with Crippen molar-refractivity contribution in [1.29, 1.82) is 0 Å². The van der Waals surface area contributed by atoms with E-state index >= 15 is 0 Å². The Morgan fingerprint density at radius 2 is 1.84 bits per heavy atom. The van der Waals surface area contributed by atoms with Crippen molar-refractivity contribution in [2.75, 3.05) is 59.2 Å². The molecule has 6 heteroatoms. The van der Waals surface area contributed by atoms with E-state index < -0.39 is 0 Å². The summed E-state index contributed by atoms with van der Waals surface area (Å²) in [5.74, 6) is 1.47. The molecule has 0 bridgehead atoms. The molecule has 2 atom stereocenters. The highest BCUT2D eigenvalue weighted by molar-refractivity contribution is 5.79. The van der Waals surface area contributed by atoms with Gasteiger partial charge in [0.05, 0.1) is 26.4 Å². The Kier molecular flexibility index (Phi) is 9.17. The normalized spacial score (nSPS) is 21.8. The average Bonchev–Trinajstić information content (AvgIpc) is 3.33. The number of nitrogens with zero attached hydrogens (tertiary/aromatic N) is 2. The van der Waals surface area contributed by atoms with Crippen LogP contribution < -0.4 is 10.6 Å². The van der Waals surface area contributed by atoms with Gasteiger partial charge in [0.2, 0.25) is 0 Å². The molecular formula is C25H42N4O2. The molecule has 6 nitrogen and oxygen atoms in total. The fourth-order valence-electron chi connectivity index (χ4n) is 4.46. The average molecular weight is 431 g/mol. The van der Waals surface area contributed by atoms with E-state index in [0.717, 1.165) is 78.0 Å². The van der Waals surface area contributed by atoms with Crippen molar-refractivity contribution < 1.29 is 9.47 Å². The van der Waals surface area contributed by atoms with Crippen LogP contribution in [0, 0.1) is 5.92 Å². The van der Waals surface area contributed by atoms with E-state index in [1.807, 2.05) is 0 Å². The Labute approximate surface area is 188 Å². The number of rotatable bonds is 9. The number of aliphatic imine (C=N–C) groups is 1. The number of benzene rings is 1. The first kappa shape index (κ1) is 24.0. The lowest BCUT2D eigenvalue weighted by atomic mass is 9.84. The zero-order valence-corrected chi connectivity index (χ0v) is 20.0. The summed E-state index contributed by atoms with van der Waals surface area (Å²) < 4.78 is 11.3. The number of aryl methyl sites for hydroxylation is 1. The quantitative estimate of drug-likeness (QED) is 0.466. The van der Waals surface area contributed by atoms with E-state index in [-0.39, 0.29) is 5.41 Å². The van der Waals surface area contributed by atoms with E-state index in [1.54, 1.807) is 0 Å². The van der Waals surface area contributed by atoms with E-state index in [1.165, 1.54) is 11.1 Å². The maximum Gasteiger partial charge on any atom is 0.191 e. The molecular weight excluding hydrogens is 388 g/mol. The van der Waals surface area contributed by atoms with Gasteiger partial charge in [0, 0.05) is 50.2 Å². The summed E-state index contributed by atoms with van der Waals surface area (Å²) >= 11 is 0. The van der Waals surface area contributed by atoms with E-state index in [9.17, 15) is 0 Å². The molecule has 2 fully saturated rings. The van der Waals surface area contributed by atoms with Crippen LogP contribution in [0.25, 0.3) is 0 Å². The highest BCUT2D eigenvalue weighted by Crippen LogP contribution is 2.24. The molecule has 0 spiro atoms. The first-order valence-corrected chi connectivity index (χ1v) is 12.0. The third-order valence-corrected chi connectivity index (χ3v) is 6.62. The number of nitrogens with one attached hydrogen (secondary N) is 2. The van der Waals surface area contributed by atoms with Crippen molar-refractivity contribution in [2.24, 2.45) is 10.9 Å². The van der Waals surface area contributed by atoms with E-state index in [4.69, 9.17) is 14.5 Å². The summed E-state index contributed by atoms with van der Waals surface area (Å²) in [6.45, 7) is 16.7. The Bertz CT molecular complexity index is 677. The molecule has 31 heavy (non-hydrogen) atoms. The van der Waals surface area contributed by atoms with Gasteiger partial charge in [0.15, 0.2) is 5.96 Å². The van der Waals surface area contributed by atoms with Gasteiger partial charge in [-0.15, -0.1) is 0 Å². The molecule has 2 heterocycles. The van der Waals surface area contributed by atoms with Crippen LogP contribution in [-0.4, -0.2) is 76.1 Å². The lowest BCUT2D eigenvalue weighted by Gasteiger charge is -2.37. The smallest absolute Gasteiger partial charge is 0.191 e. The Hall–Kier alpha value is -1.63. The highest BCUT2D eigenvalue weighted by Gasteiger charge is 2.31. The summed E-state index contributed by atoms with van der Waals surface area (Å²) in [6, 6.07) is 9.43. The van der Waals surface area contributed by atoms with E-state index in [0.29, 0.717) is 12.0 Å². The minimum atomic E-state index is -0.0163. The van der Waals surface area contributed by atoms with Crippen LogP contribution >= 0.6 is 0 Å². The lowest BCUT2D eigenvalue weighted by molar-refractivity contribution is 0.00246. The first-order chi connectivity index (χ1) is 15.0. The second-order valence-corrected chi connectivity index (χ2v) is 9.35. The summed E-state index contributed by atoms with van der Waals surface area (Å²) in [6.07, 6.45) is 2.21. The molecule has 2 aliphatic heterocycles. The maximum absolute atomic E-state index is 5.71. The van der Waals surface area contributed by atoms with Gasteiger partial charge < -0.3 is 20.1 Å². The van der Waals surface area contributed by atoms with Crippen LogP contribution in [0.5, 0.6) is 0 Å². The molecule has 0 radical (unpaired) electrons. The third-order valence-electron chi connectivity index (χ3n) is 6.62. The zero-order valence-electron chi connectivity index (χ0n) is 20.0. The van der Waals surface area contributed by atoms with Gasteiger partial charge >= 0.3 is 0 Å². The molecule has 2 unspecified atom stereocenters. The Morgan fingerprint density at radius 3 is 2.45 bits per heavy atom. The minimum Gasteiger partial charge on any atom is -0.381 e. The van der Waals surface area contributed by atoms with Crippen molar-refractivity contribution >= 4 is 5.96 Å². The molecule has 0 amide bonds. The van der Waals surface area contributed by atoms with Crippen LogP contribution in [0.15, 0.2) is 29.3 Å². The molecule has 1 aromatic rings. The van der Waals surface area contributed by atoms with Gasteiger partial charge in [-0.1, -0.05) is 45.0 Å². The van der Waals surface area contributed by atoms with Gasteiger partial charge in [0.1, 0.15) is 0 Å². The molecule has 2 aliphatic rings. The molecule has 0 aromatic heterocycles. The van der Waals surface area contributed by atoms with Crippen molar-refractivity contribution in [1.82, 2.24) is 15.5 Å². The van der Waals surface area contributed by atoms with Crippen molar-refractivity contribution in [2.45, 2.75) is 52.0 Å². The van der Waals surface area contributed by atoms with Gasteiger partial charge in [-0.3, -0.25) is 9.89 Å². The van der Waals surface area contributed by atoms with Gasteiger partial charge in [-0.2, -0.15) is 0 Å². The van der Waals surface area contributed by atoms with Crippen molar-refractivity contribution in [3.63, 3.8) is 0 Å². The SMILES string of the molecule is CCNC(=NCC(C)(C)c1ccc(CC)cc1)NCC(C1CCOC1)N1CCOCC1. The molecule has 3 rings (SSSR count). The van der Waals surface area contributed by atoms with Gasteiger partial charge in [-0.05, 0) is 30.9 Å². The molecule has 0 aliphatic carbocycles. The standard InChI is InChI=1S/C25H42N4O2/c1-5-20-7-9-22(10-8-20)25(3,4)19-28-24(26-6-2)27-17-23(21-11-14-31-18-21)29-12-15-30-16-13-29/h7-10,21,23H,5-6,11-19H2,1-4H3,(H2,26,27,28). The van der Waals surface area contributed by atoms with Crippen molar-refractivity contribution in [3.8, 4) is 0 Å². The fourth-order valence-corrected chi connectivity index (χ4v) is 4.46. The Morgan fingerprint density at radius 1 is 1.10 bits per heavy atom. The van der Waals surface area contributed by atoms with E-state index in [2.05, 4.69) is 67.5 Å². The Balaban J connectivity index is 1.64. The fraction of sp³-hybridized carbons (Fsp3) is 0.720. The predicted octanol–water partition coefficient (Wildman–Crippen LogP) is 2.82. The summed E-state index contributed by atoms with van der Waals surface area (Å²) in [4.78, 5) is 7.54. The van der Waals surface area contributed by atoms with Crippen molar-refractivity contribution in [3.05, 3.63) is 35.4 Å². The van der Waals surface area contributed by atoms with Crippen LogP contribution in [0.1, 0.15) is 45.2 Å². The maximum atomic E-state index is 5.71. The molecule has 0 saturated carbocycles. The first-order valence-electron chi connectivity index (χ1n) is 12.0. The number of morpholine rings is 1. The van der Waals surface area contributed by atoms with Gasteiger partial charge in [0.25, 0.3) is 0 Å². The lowest BCUT2D eigenvalue weighted by Crippen LogP contribution is -2.53. The number of hydrogen-bond donors (Lipinski definition) is 2. The summed E-state index contributed by atoms with van der Waals surface area (Å²) in [7, 11) is 0. The zero-order chi connectivity index (χ0) is 22.1. The summed E-state index contributed by atoms with van der Waals surface area (Å²) in [5, 5.41) is 7.08. The number of ether oxygens (including phenoxy) is 2. The molecule has 174 valence electrons. The van der Waals surface area contributed by atoms with Crippen LogP contribution in [0.3, 0.4) is 0 Å². The second-order valence-electron chi connectivity index (χ2n) is 9.35. The number of guanidine groups is 1. The predicted molar refractivity (Wildman–Crippen MR) is 128 cm³/mol. The van der Waals surface area contributed by atoms with Crippen LogP contribution in [0.4, 0.5) is 0 Å². The third kappa shape index (κ3) is 6.93. The molecule has 1 aromatic carbocycles.